The summed E-state index contributed by atoms with van der Waals surface area (Å²) in [5.74, 6) is 0.0877. The Labute approximate surface area is 99.9 Å². The van der Waals surface area contributed by atoms with E-state index < -0.39 is 0 Å². The van der Waals surface area contributed by atoms with E-state index in [9.17, 15) is 4.79 Å². The molecule has 0 atom stereocenters. The number of Topliss-reactive ketones (excluding diaryl/α,β-unsaturated/α-hetero) is 1. The van der Waals surface area contributed by atoms with Crippen molar-refractivity contribution in [1.82, 2.24) is 0 Å². The first-order valence-electron chi connectivity index (χ1n) is 6.04. The molecule has 16 heavy (non-hydrogen) atoms. The number of hydrogen-bond donors (Lipinski definition) is 1. The van der Waals surface area contributed by atoms with Crippen LogP contribution in [0.4, 0.5) is 5.69 Å². The third kappa shape index (κ3) is 5.54. The normalized spacial score (nSPS) is 8.12. The maximum absolute atomic E-state index is 11.0. The largest absolute Gasteiger partial charge is 0.399 e. The molecule has 0 aromatic heterocycles. The smallest absolute Gasteiger partial charge is 0.159 e. The van der Waals surface area contributed by atoms with E-state index in [1.165, 1.54) is 0 Å². The highest BCUT2D eigenvalue weighted by Gasteiger charge is 2.01. The lowest BCUT2D eigenvalue weighted by atomic mass is 10.0. The number of ketones is 1. The molecule has 92 valence electrons. The van der Waals surface area contributed by atoms with Crippen molar-refractivity contribution in [3.63, 3.8) is 0 Å². The topological polar surface area (TPSA) is 43.1 Å². The molecule has 1 rings (SSSR count). The van der Waals surface area contributed by atoms with E-state index in [0.29, 0.717) is 0 Å². The number of carbonyl (C=O) groups excluding carboxylic acids is 1. The number of rotatable bonds is 2. The van der Waals surface area contributed by atoms with Gasteiger partial charge < -0.3 is 5.73 Å². The summed E-state index contributed by atoms with van der Waals surface area (Å²) in [5.41, 5.74) is 8.24. The molecule has 0 aliphatic heterocycles. The second-order valence-corrected chi connectivity index (χ2v) is 2.82. The Morgan fingerprint density at radius 3 is 2.06 bits per heavy atom. The molecule has 1 aromatic rings. The lowest BCUT2D eigenvalue weighted by molar-refractivity contribution is 0.101. The van der Waals surface area contributed by atoms with Crippen LogP contribution in [0.2, 0.25) is 0 Å². The minimum absolute atomic E-state index is 0.0877. The molecule has 0 saturated heterocycles. The second-order valence-electron chi connectivity index (χ2n) is 2.82. The molecule has 2 heteroatoms. The Kier molecular flexibility index (Phi) is 10.9. The van der Waals surface area contributed by atoms with Gasteiger partial charge in [0, 0.05) is 11.3 Å². The van der Waals surface area contributed by atoms with Gasteiger partial charge in [0.05, 0.1) is 0 Å². The molecular formula is C14H25NO. The van der Waals surface area contributed by atoms with E-state index in [-0.39, 0.29) is 5.78 Å². The summed E-state index contributed by atoms with van der Waals surface area (Å²) in [6, 6.07) is 5.41. The van der Waals surface area contributed by atoms with Gasteiger partial charge in [-0.05, 0) is 37.1 Å². The minimum Gasteiger partial charge on any atom is -0.399 e. The van der Waals surface area contributed by atoms with Crippen molar-refractivity contribution in [2.45, 2.75) is 48.0 Å². The average Bonchev–Trinajstić information content (AvgIpc) is 2.34. The van der Waals surface area contributed by atoms with Crippen molar-refractivity contribution in [3.8, 4) is 0 Å². The Morgan fingerprint density at radius 2 is 1.69 bits per heavy atom. The summed E-state index contributed by atoms with van der Waals surface area (Å²) in [6.07, 6.45) is 0.868. The van der Waals surface area contributed by atoms with E-state index in [1.807, 2.05) is 40.7 Å². The van der Waals surface area contributed by atoms with Gasteiger partial charge >= 0.3 is 0 Å². The van der Waals surface area contributed by atoms with E-state index in [1.54, 1.807) is 19.1 Å². The summed E-state index contributed by atoms with van der Waals surface area (Å²) >= 11 is 0. The number of nitrogens with two attached hydrogens (primary N) is 1. The van der Waals surface area contributed by atoms with Crippen LogP contribution in [0.25, 0.3) is 0 Å². The van der Waals surface area contributed by atoms with Crippen molar-refractivity contribution in [3.05, 3.63) is 29.3 Å². The second kappa shape index (κ2) is 10.2. The molecular weight excluding hydrogens is 198 g/mol. The average molecular weight is 223 g/mol. The summed E-state index contributed by atoms with van der Waals surface area (Å²) in [7, 11) is 0. The third-order valence-corrected chi connectivity index (χ3v) is 1.93. The predicted molar refractivity (Wildman–Crippen MR) is 72.9 cm³/mol. The van der Waals surface area contributed by atoms with Crippen LogP contribution < -0.4 is 5.73 Å². The predicted octanol–water partition coefficient (Wildman–Crippen LogP) is 4.09. The fraction of sp³-hybridized carbons (Fsp3) is 0.500. The summed E-state index contributed by atoms with van der Waals surface area (Å²) in [4.78, 5) is 11.0. The molecule has 0 heterocycles. The number of anilines is 1. The van der Waals surface area contributed by atoms with Crippen molar-refractivity contribution < 1.29 is 4.79 Å². The fourth-order valence-corrected chi connectivity index (χ4v) is 1.13. The van der Waals surface area contributed by atoms with E-state index in [4.69, 9.17) is 5.73 Å². The zero-order valence-corrected chi connectivity index (χ0v) is 11.4. The van der Waals surface area contributed by atoms with Crippen LogP contribution in [-0.2, 0) is 6.42 Å². The highest BCUT2D eigenvalue weighted by Crippen LogP contribution is 2.14. The molecule has 0 unspecified atom stereocenters. The highest BCUT2D eigenvalue weighted by atomic mass is 16.1. The van der Waals surface area contributed by atoms with E-state index >= 15 is 0 Å². The summed E-state index contributed by atoms with van der Waals surface area (Å²) < 4.78 is 0. The SMILES string of the molecule is CC.CC.CCc1cc(C(C)=O)ccc1N. The number of carbonyl (C=O) groups is 1. The van der Waals surface area contributed by atoms with Crippen LogP contribution in [-0.4, -0.2) is 5.78 Å². The van der Waals surface area contributed by atoms with Gasteiger partial charge in [-0.3, -0.25) is 4.79 Å². The monoisotopic (exact) mass is 223 g/mol. The van der Waals surface area contributed by atoms with Crippen molar-refractivity contribution in [2.75, 3.05) is 5.73 Å². The lowest BCUT2D eigenvalue weighted by Gasteiger charge is -2.03. The van der Waals surface area contributed by atoms with Crippen molar-refractivity contribution in [2.24, 2.45) is 0 Å². The van der Waals surface area contributed by atoms with Gasteiger partial charge in [0.15, 0.2) is 5.78 Å². The Hall–Kier alpha value is -1.31. The Balaban J connectivity index is 0. The number of benzene rings is 1. The lowest BCUT2D eigenvalue weighted by Crippen LogP contribution is -1.97. The van der Waals surface area contributed by atoms with Crippen LogP contribution in [0.3, 0.4) is 0 Å². The van der Waals surface area contributed by atoms with E-state index in [0.717, 1.165) is 23.2 Å². The summed E-state index contributed by atoms with van der Waals surface area (Å²) in [6.45, 7) is 11.6. The first-order valence-corrected chi connectivity index (χ1v) is 6.04. The molecule has 0 aliphatic rings. The Bertz CT molecular complexity index is 306. The molecule has 0 spiro atoms. The molecule has 0 amide bonds. The first kappa shape index (κ1) is 17.1. The van der Waals surface area contributed by atoms with Gasteiger partial charge in [-0.15, -0.1) is 0 Å². The third-order valence-electron chi connectivity index (χ3n) is 1.93. The van der Waals surface area contributed by atoms with Crippen LogP contribution in [0, 0.1) is 0 Å². The molecule has 1 aromatic carbocycles. The van der Waals surface area contributed by atoms with Gasteiger partial charge in [0.1, 0.15) is 0 Å². The maximum atomic E-state index is 11.0. The van der Waals surface area contributed by atoms with Gasteiger partial charge in [-0.2, -0.15) is 0 Å². The molecule has 2 nitrogen and oxygen atoms in total. The number of hydrogen-bond acceptors (Lipinski definition) is 2. The van der Waals surface area contributed by atoms with Gasteiger partial charge in [-0.1, -0.05) is 34.6 Å². The highest BCUT2D eigenvalue weighted by molar-refractivity contribution is 5.94. The molecule has 0 radical (unpaired) electrons. The standard InChI is InChI=1S/C10H13NO.2C2H6/c1-3-8-6-9(7(2)12)4-5-10(8)11;2*1-2/h4-6H,3,11H2,1-2H3;2*1-2H3. The van der Waals surface area contributed by atoms with Gasteiger partial charge in [-0.25, -0.2) is 0 Å². The summed E-state index contributed by atoms with van der Waals surface area (Å²) in [5, 5.41) is 0. The zero-order valence-electron chi connectivity index (χ0n) is 11.4. The molecule has 2 N–H and O–H groups in total. The van der Waals surface area contributed by atoms with Crippen molar-refractivity contribution in [1.29, 1.82) is 0 Å². The zero-order chi connectivity index (χ0) is 13.1. The van der Waals surface area contributed by atoms with Crippen LogP contribution >= 0.6 is 0 Å². The quantitative estimate of drug-likeness (QED) is 0.606. The molecule has 0 bridgehead atoms. The van der Waals surface area contributed by atoms with Gasteiger partial charge in [0.2, 0.25) is 0 Å². The van der Waals surface area contributed by atoms with Crippen LogP contribution in [0.1, 0.15) is 57.5 Å². The molecule has 0 saturated carbocycles. The first-order chi connectivity index (χ1) is 7.65. The van der Waals surface area contributed by atoms with Crippen molar-refractivity contribution >= 4 is 11.5 Å². The van der Waals surface area contributed by atoms with E-state index in [2.05, 4.69) is 0 Å². The fourth-order valence-electron chi connectivity index (χ4n) is 1.13. The number of aryl methyl sites for hydroxylation is 1. The molecule has 0 aliphatic carbocycles. The van der Waals surface area contributed by atoms with Crippen LogP contribution in [0.5, 0.6) is 0 Å². The minimum atomic E-state index is 0.0877. The van der Waals surface area contributed by atoms with Crippen LogP contribution in [0.15, 0.2) is 18.2 Å². The van der Waals surface area contributed by atoms with Gasteiger partial charge in [0.25, 0.3) is 0 Å². The number of nitrogen functional groups attached to an aromatic ring is 1. The molecule has 0 fully saturated rings. The Morgan fingerprint density at radius 1 is 1.19 bits per heavy atom. The maximum Gasteiger partial charge on any atom is 0.159 e.